The first-order valence-electron chi connectivity index (χ1n) is 14.0. The third-order valence-corrected chi connectivity index (χ3v) is 9.59. The Kier molecular flexibility index (Phi) is 11.0. The minimum absolute atomic E-state index is 0.0148. The SMILES string of the molecule is CC12CCC3c4ccc(OPOCc5ccccc5)cc4CCC3C1CCC2O.CCC(C)(C)C.CO. The van der Waals surface area contributed by atoms with E-state index in [0.717, 1.165) is 38.0 Å². The molecule has 3 aliphatic carbocycles. The standard InChI is InChI=1S/C25H31O3P.C6H14.CH4O/c1-25-14-13-21-20-10-8-19(28-29-27-16-17-5-3-2-4-6-17)15-18(20)7-9-22(21)23(25)11-12-24(25)26;1-5-6(2,3)4;1-2/h2-6,8,10,15,21-24,26,29H,7,9,11-14,16H2,1H3;5H2,1-4H3;2H,1H3. The Balaban J connectivity index is 0.000000421. The summed E-state index contributed by atoms with van der Waals surface area (Å²) in [5.74, 6) is 3.01. The van der Waals surface area contributed by atoms with E-state index in [9.17, 15) is 5.11 Å². The summed E-state index contributed by atoms with van der Waals surface area (Å²) in [7, 11) is 1.01. The zero-order chi connectivity index (χ0) is 27.1. The highest BCUT2D eigenvalue weighted by Gasteiger charge is 2.54. The van der Waals surface area contributed by atoms with E-state index in [0.29, 0.717) is 23.9 Å². The number of fused-ring (bicyclic) bond motifs is 5. The zero-order valence-electron chi connectivity index (χ0n) is 23.8. The fourth-order valence-corrected chi connectivity index (χ4v) is 6.87. The van der Waals surface area contributed by atoms with Crippen LogP contribution in [0, 0.1) is 22.7 Å². The average Bonchev–Trinajstić information content (AvgIpc) is 3.22. The smallest absolute Gasteiger partial charge is 0.215 e. The zero-order valence-corrected chi connectivity index (χ0v) is 24.8. The summed E-state index contributed by atoms with van der Waals surface area (Å²) in [5, 5.41) is 17.6. The Bertz CT molecular complexity index is 957. The van der Waals surface area contributed by atoms with Crippen LogP contribution in [0.2, 0.25) is 0 Å². The van der Waals surface area contributed by atoms with Gasteiger partial charge in [-0.2, -0.15) is 0 Å². The van der Waals surface area contributed by atoms with Crippen LogP contribution in [-0.2, 0) is 17.6 Å². The lowest BCUT2D eigenvalue weighted by molar-refractivity contribution is -0.0226. The molecule has 206 valence electrons. The summed E-state index contributed by atoms with van der Waals surface area (Å²) in [6.07, 6.45) is 8.13. The van der Waals surface area contributed by atoms with E-state index < -0.39 is 0 Å². The molecule has 0 amide bonds. The summed E-state index contributed by atoms with van der Waals surface area (Å²) in [5.41, 5.74) is 4.85. The summed E-state index contributed by atoms with van der Waals surface area (Å²) in [4.78, 5) is 0. The maximum atomic E-state index is 10.6. The van der Waals surface area contributed by atoms with Crippen LogP contribution in [-0.4, -0.2) is 23.4 Å². The summed E-state index contributed by atoms with van der Waals surface area (Å²) in [6.45, 7) is 11.9. The van der Waals surface area contributed by atoms with Gasteiger partial charge in [-0.1, -0.05) is 77.4 Å². The Labute approximate surface area is 227 Å². The summed E-state index contributed by atoms with van der Waals surface area (Å²) in [6, 6.07) is 16.9. The summed E-state index contributed by atoms with van der Waals surface area (Å²) >= 11 is 0. The molecule has 3 aliphatic rings. The second-order valence-electron chi connectivity index (χ2n) is 12.3. The molecule has 0 bridgehead atoms. The first-order chi connectivity index (χ1) is 17.7. The van der Waals surface area contributed by atoms with E-state index in [-0.39, 0.29) is 20.6 Å². The van der Waals surface area contributed by atoms with Crippen LogP contribution in [0.3, 0.4) is 0 Å². The molecule has 0 radical (unpaired) electrons. The molecule has 4 nitrogen and oxygen atoms in total. The Morgan fingerprint density at radius 1 is 1.00 bits per heavy atom. The molecule has 5 heteroatoms. The van der Waals surface area contributed by atoms with E-state index in [1.807, 2.05) is 18.2 Å². The predicted octanol–water partition coefficient (Wildman–Crippen LogP) is 8.06. The first kappa shape index (κ1) is 30.1. The predicted molar refractivity (Wildman–Crippen MR) is 155 cm³/mol. The second kappa shape index (κ2) is 13.6. The molecule has 2 fully saturated rings. The molecule has 0 aromatic heterocycles. The van der Waals surface area contributed by atoms with Gasteiger partial charge in [0.1, 0.15) is 5.75 Å². The van der Waals surface area contributed by atoms with Gasteiger partial charge in [0.25, 0.3) is 0 Å². The van der Waals surface area contributed by atoms with Gasteiger partial charge in [0.15, 0.2) is 0 Å². The van der Waals surface area contributed by atoms with Crippen LogP contribution >= 0.6 is 9.03 Å². The van der Waals surface area contributed by atoms with Gasteiger partial charge in [0.2, 0.25) is 9.03 Å². The quantitative estimate of drug-likeness (QED) is 0.304. The van der Waals surface area contributed by atoms with Crippen molar-refractivity contribution in [3.8, 4) is 5.75 Å². The van der Waals surface area contributed by atoms with Crippen LogP contribution in [0.5, 0.6) is 5.75 Å². The number of rotatable bonds is 5. The highest BCUT2D eigenvalue weighted by atomic mass is 31.1. The molecular weight excluding hydrogens is 479 g/mol. The number of aryl methyl sites for hydroxylation is 1. The number of aliphatic hydroxyl groups is 2. The van der Waals surface area contributed by atoms with Crippen molar-refractivity contribution in [1.82, 2.24) is 0 Å². The van der Waals surface area contributed by atoms with Crippen molar-refractivity contribution in [2.24, 2.45) is 22.7 Å². The van der Waals surface area contributed by atoms with Gasteiger partial charge in [-0.3, -0.25) is 0 Å². The van der Waals surface area contributed by atoms with Gasteiger partial charge in [-0.05, 0) is 95.9 Å². The highest BCUT2D eigenvalue weighted by molar-refractivity contribution is 7.26. The highest BCUT2D eigenvalue weighted by Crippen LogP contribution is 2.61. The Morgan fingerprint density at radius 2 is 1.70 bits per heavy atom. The third kappa shape index (κ3) is 7.57. The maximum Gasteiger partial charge on any atom is 0.215 e. The molecule has 0 heterocycles. The van der Waals surface area contributed by atoms with Gasteiger partial charge in [-0.15, -0.1) is 0 Å². The van der Waals surface area contributed by atoms with E-state index in [4.69, 9.17) is 14.2 Å². The molecule has 37 heavy (non-hydrogen) atoms. The molecule has 2 aromatic carbocycles. The van der Waals surface area contributed by atoms with Crippen molar-refractivity contribution < 1.29 is 19.3 Å². The fraction of sp³-hybridized carbons (Fsp3) is 0.625. The lowest BCUT2D eigenvalue weighted by Crippen LogP contribution is -2.43. The van der Waals surface area contributed by atoms with Gasteiger partial charge in [0.05, 0.1) is 12.7 Å². The normalized spacial score (nSPS) is 28.2. The number of hydrogen-bond acceptors (Lipinski definition) is 4. The van der Waals surface area contributed by atoms with Crippen LogP contribution in [0.25, 0.3) is 0 Å². The van der Waals surface area contributed by atoms with Crippen molar-refractivity contribution in [2.75, 3.05) is 7.11 Å². The molecule has 6 atom stereocenters. The van der Waals surface area contributed by atoms with E-state index >= 15 is 0 Å². The molecule has 0 saturated heterocycles. The van der Waals surface area contributed by atoms with E-state index in [1.54, 1.807) is 0 Å². The number of benzene rings is 2. The van der Waals surface area contributed by atoms with E-state index in [1.165, 1.54) is 42.4 Å². The summed E-state index contributed by atoms with van der Waals surface area (Å²) < 4.78 is 11.6. The molecule has 2 N–H and O–H groups in total. The van der Waals surface area contributed by atoms with Crippen LogP contribution in [0.1, 0.15) is 95.8 Å². The molecule has 0 spiro atoms. The second-order valence-corrected chi connectivity index (χ2v) is 12.9. The Hall–Kier alpha value is -1.45. The molecule has 6 unspecified atom stereocenters. The topological polar surface area (TPSA) is 58.9 Å². The van der Waals surface area contributed by atoms with Gasteiger partial charge >= 0.3 is 0 Å². The minimum Gasteiger partial charge on any atom is -0.450 e. The molecule has 5 rings (SSSR count). The molecule has 2 saturated carbocycles. The molecular formula is C32H49O4P. The van der Waals surface area contributed by atoms with Crippen molar-refractivity contribution in [1.29, 1.82) is 0 Å². The molecule has 2 aromatic rings. The largest absolute Gasteiger partial charge is 0.450 e. The third-order valence-electron chi connectivity index (χ3n) is 9.01. The van der Waals surface area contributed by atoms with Gasteiger partial charge in [0, 0.05) is 7.11 Å². The minimum atomic E-state index is -0.0949. The van der Waals surface area contributed by atoms with Gasteiger partial charge < -0.3 is 19.3 Å². The first-order valence-corrected chi connectivity index (χ1v) is 14.9. The van der Waals surface area contributed by atoms with Crippen LogP contribution < -0.4 is 4.52 Å². The maximum absolute atomic E-state index is 10.6. The van der Waals surface area contributed by atoms with Crippen molar-refractivity contribution in [3.05, 3.63) is 65.2 Å². The average molecular weight is 529 g/mol. The van der Waals surface area contributed by atoms with Crippen molar-refractivity contribution in [3.63, 3.8) is 0 Å². The lowest BCUT2D eigenvalue weighted by atomic mass is 9.55. The monoisotopic (exact) mass is 528 g/mol. The number of aliphatic hydroxyl groups excluding tert-OH is 2. The van der Waals surface area contributed by atoms with Crippen molar-refractivity contribution >= 4 is 9.03 Å². The van der Waals surface area contributed by atoms with Gasteiger partial charge in [-0.25, -0.2) is 0 Å². The lowest BCUT2D eigenvalue weighted by Gasteiger charge is -2.50. The van der Waals surface area contributed by atoms with Crippen LogP contribution in [0.4, 0.5) is 0 Å². The Morgan fingerprint density at radius 3 is 2.38 bits per heavy atom. The van der Waals surface area contributed by atoms with E-state index in [2.05, 4.69) is 65.0 Å². The van der Waals surface area contributed by atoms with Crippen LogP contribution in [0.15, 0.2) is 48.5 Å². The fourth-order valence-electron chi connectivity index (χ4n) is 6.36. The van der Waals surface area contributed by atoms with Crippen molar-refractivity contribution in [2.45, 2.75) is 98.2 Å². The number of hydrogen-bond donors (Lipinski definition) is 2. The molecule has 0 aliphatic heterocycles.